The Kier molecular flexibility index (Phi) is 7.00. The van der Waals surface area contributed by atoms with Crippen LogP contribution in [0.3, 0.4) is 0 Å². The lowest BCUT2D eigenvalue weighted by molar-refractivity contribution is 0.110. The van der Waals surface area contributed by atoms with Crippen molar-refractivity contribution in [1.29, 1.82) is 5.26 Å². The molecule has 0 amide bonds. The highest BCUT2D eigenvalue weighted by molar-refractivity contribution is 5.89. The lowest BCUT2D eigenvalue weighted by Crippen LogP contribution is -2.57. The van der Waals surface area contributed by atoms with Crippen molar-refractivity contribution in [3.63, 3.8) is 0 Å². The van der Waals surface area contributed by atoms with Gasteiger partial charge in [-0.3, -0.25) is 9.69 Å². The second-order valence-corrected chi connectivity index (χ2v) is 10.6. The first kappa shape index (κ1) is 27.2. The third-order valence-corrected chi connectivity index (χ3v) is 7.82. The molecular formula is C31H27F2N7O2. The van der Waals surface area contributed by atoms with E-state index < -0.39 is 6.04 Å². The van der Waals surface area contributed by atoms with Gasteiger partial charge in [-0.25, -0.2) is 13.8 Å². The van der Waals surface area contributed by atoms with Crippen LogP contribution in [0.2, 0.25) is 0 Å². The SMILES string of the molecule is C[C@@H]1CN(c2cc(=O)n(C)c3ccc(C#N)nc23)[C@@H](C)CN1C(c1ccc(F)cc1)c1nc(-c2ccc(F)cc2)no1. The average molecular weight is 568 g/mol. The Morgan fingerprint density at radius 3 is 2.33 bits per heavy atom. The molecule has 212 valence electrons. The van der Waals surface area contributed by atoms with Crippen molar-refractivity contribution >= 4 is 16.7 Å². The normalized spacial score (nSPS) is 18.2. The summed E-state index contributed by atoms with van der Waals surface area (Å²) in [5, 5.41) is 13.6. The van der Waals surface area contributed by atoms with Gasteiger partial charge in [-0.1, -0.05) is 17.3 Å². The molecule has 1 aliphatic rings. The van der Waals surface area contributed by atoms with Crippen LogP contribution in [-0.2, 0) is 7.05 Å². The van der Waals surface area contributed by atoms with Gasteiger partial charge in [0.1, 0.15) is 35.0 Å². The van der Waals surface area contributed by atoms with Crippen LogP contribution in [-0.4, -0.2) is 49.8 Å². The average Bonchev–Trinajstić information content (AvgIpc) is 3.47. The number of nitriles is 1. The van der Waals surface area contributed by atoms with Crippen molar-refractivity contribution in [2.45, 2.75) is 32.0 Å². The lowest BCUT2D eigenvalue weighted by Gasteiger charge is -2.47. The minimum atomic E-state index is -0.490. The van der Waals surface area contributed by atoms with Crippen molar-refractivity contribution in [2.75, 3.05) is 18.0 Å². The predicted molar refractivity (Wildman–Crippen MR) is 153 cm³/mol. The molecule has 9 nitrogen and oxygen atoms in total. The molecule has 1 aliphatic heterocycles. The first-order valence-corrected chi connectivity index (χ1v) is 13.5. The van der Waals surface area contributed by atoms with Gasteiger partial charge in [0.15, 0.2) is 0 Å². The van der Waals surface area contributed by atoms with E-state index in [0.717, 1.165) is 5.56 Å². The topological polar surface area (TPSA) is 104 Å². The number of fused-ring (bicyclic) bond motifs is 1. The van der Waals surface area contributed by atoms with Gasteiger partial charge in [-0.05, 0) is 67.9 Å². The zero-order chi connectivity index (χ0) is 29.5. The Hall–Kier alpha value is -4.95. The van der Waals surface area contributed by atoms with E-state index in [0.29, 0.717) is 47.1 Å². The van der Waals surface area contributed by atoms with Crippen LogP contribution >= 0.6 is 0 Å². The highest BCUT2D eigenvalue weighted by atomic mass is 19.1. The first-order valence-electron chi connectivity index (χ1n) is 13.5. The summed E-state index contributed by atoms with van der Waals surface area (Å²) >= 11 is 0. The second kappa shape index (κ2) is 10.8. The van der Waals surface area contributed by atoms with Gasteiger partial charge < -0.3 is 14.0 Å². The number of aryl methyl sites for hydroxylation is 1. The monoisotopic (exact) mass is 567 g/mol. The quantitative estimate of drug-likeness (QED) is 0.298. The molecule has 4 heterocycles. The van der Waals surface area contributed by atoms with Crippen LogP contribution in [0.25, 0.3) is 22.4 Å². The van der Waals surface area contributed by atoms with Gasteiger partial charge in [0.2, 0.25) is 11.7 Å². The predicted octanol–water partition coefficient (Wildman–Crippen LogP) is 4.82. The molecule has 1 unspecified atom stereocenters. The number of aromatic nitrogens is 4. The highest BCUT2D eigenvalue weighted by Crippen LogP contribution is 2.36. The number of rotatable bonds is 5. The van der Waals surface area contributed by atoms with Crippen LogP contribution in [0.15, 0.2) is 76.0 Å². The fraction of sp³-hybridized carbons (Fsp3) is 0.258. The van der Waals surface area contributed by atoms with Crippen LogP contribution < -0.4 is 10.5 Å². The number of hydrogen-bond acceptors (Lipinski definition) is 8. The first-order chi connectivity index (χ1) is 20.2. The molecule has 0 bridgehead atoms. The van der Waals surface area contributed by atoms with Gasteiger partial charge in [-0.15, -0.1) is 0 Å². The Morgan fingerprint density at radius 1 is 0.952 bits per heavy atom. The van der Waals surface area contributed by atoms with Crippen molar-refractivity contribution in [1.82, 2.24) is 24.6 Å². The van der Waals surface area contributed by atoms with Gasteiger partial charge in [0.25, 0.3) is 5.56 Å². The largest absolute Gasteiger partial charge is 0.364 e. The zero-order valence-corrected chi connectivity index (χ0v) is 23.2. The minimum absolute atomic E-state index is 0.0873. The summed E-state index contributed by atoms with van der Waals surface area (Å²) in [6.07, 6.45) is 0. The lowest BCUT2D eigenvalue weighted by atomic mass is 9.98. The van der Waals surface area contributed by atoms with E-state index in [2.05, 4.69) is 44.8 Å². The summed E-state index contributed by atoms with van der Waals surface area (Å²) in [5.74, 6) is -0.0753. The number of piperazine rings is 1. The number of pyridine rings is 2. The molecule has 0 spiro atoms. The number of nitrogens with zero attached hydrogens (tertiary/aromatic N) is 7. The van der Waals surface area contributed by atoms with E-state index in [4.69, 9.17) is 4.52 Å². The molecule has 5 aromatic rings. The zero-order valence-electron chi connectivity index (χ0n) is 23.2. The summed E-state index contributed by atoms with van der Waals surface area (Å²) < 4.78 is 34.7. The molecule has 6 rings (SSSR count). The number of halogens is 2. The maximum absolute atomic E-state index is 13.9. The Labute approximate surface area is 240 Å². The van der Waals surface area contributed by atoms with Crippen LogP contribution in [0.4, 0.5) is 14.5 Å². The molecule has 2 aromatic carbocycles. The summed E-state index contributed by atoms with van der Waals surface area (Å²) in [4.78, 5) is 26.5. The number of anilines is 1. The smallest absolute Gasteiger partial charge is 0.252 e. The van der Waals surface area contributed by atoms with Crippen molar-refractivity contribution < 1.29 is 13.3 Å². The van der Waals surface area contributed by atoms with E-state index in [9.17, 15) is 18.8 Å². The summed E-state index contributed by atoms with van der Waals surface area (Å²) in [7, 11) is 1.68. The summed E-state index contributed by atoms with van der Waals surface area (Å²) in [6, 6.07) is 18.4. The van der Waals surface area contributed by atoms with Crippen LogP contribution in [0.1, 0.15) is 37.0 Å². The summed E-state index contributed by atoms with van der Waals surface area (Å²) in [6.45, 7) is 5.17. The number of hydrogen-bond donors (Lipinski definition) is 0. The van der Waals surface area contributed by atoms with Gasteiger partial charge in [0, 0.05) is 43.9 Å². The van der Waals surface area contributed by atoms with E-state index in [1.165, 1.54) is 28.8 Å². The molecule has 42 heavy (non-hydrogen) atoms. The van der Waals surface area contributed by atoms with Crippen molar-refractivity contribution in [3.05, 3.63) is 106 Å². The third-order valence-electron chi connectivity index (χ3n) is 7.82. The second-order valence-electron chi connectivity index (χ2n) is 10.6. The van der Waals surface area contributed by atoms with Crippen LogP contribution in [0, 0.1) is 23.0 Å². The molecule has 11 heteroatoms. The van der Waals surface area contributed by atoms with E-state index in [1.54, 1.807) is 49.5 Å². The van der Waals surface area contributed by atoms with Crippen molar-refractivity contribution in [3.8, 4) is 17.5 Å². The van der Waals surface area contributed by atoms with E-state index in [1.807, 2.05) is 0 Å². The number of benzene rings is 2. The van der Waals surface area contributed by atoms with Crippen molar-refractivity contribution in [2.24, 2.45) is 7.05 Å². The Morgan fingerprint density at radius 2 is 1.64 bits per heavy atom. The molecule has 0 radical (unpaired) electrons. The molecule has 3 atom stereocenters. The van der Waals surface area contributed by atoms with E-state index >= 15 is 0 Å². The molecular weight excluding hydrogens is 540 g/mol. The standard InChI is InChI=1S/C31H27F2N7O2/c1-18-17-40(19(2)16-39(18)26-14-27(41)38(3)25-13-12-24(15-34)35-28(25)26)29(20-4-8-22(32)9-5-20)31-36-30(37-42-31)21-6-10-23(33)11-7-21/h4-14,18-19,29H,16-17H2,1-3H3/t18-,19+,29?/m0/s1. The highest BCUT2D eigenvalue weighted by Gasteiger charge is 2.38. The van der Waals surface area contributed by atoms with Gasteiger partial charge in [-0.2, -0.15) is 10.2 Å². The maximum atomic E-state index is 13.9. The van der Waals surface area contributed by atoms with E-state index in [-0.39, 0.29) is 35.0 Å². The van der Waals surface area contributed by atoms with Crippen LogP contribution in [0.5, 0.6) is 0 Å². The fourth-order valence-corrected chi connectivity index (χ4v) is 5.63. The minimum Gasteiger partial charge on any atom is -0.364 e. The Bertz CT molecular complexity index is 1860. The summed E-state index contributed by atoms with van der Waals surface area (Å²) in [5.41, 5.74) is 3.37. The fourth-order valence-electron chi connectivity index (χ4n) is 5.63. The molecule has 0 aliphatic carbocycles. The third kappa shape index (κ3) is 4.90. The molecule has 3 aromatic heterocycles. The molecule has 1 saturated heterocycles. The maximum Gasteiger partial charge on any atom is 0.252 e. The molecule has 0 N–H and O–H groups in total. The van der Waals surface area contributed by atoms with Gasteiger partial charge in [0.05, 0.1) is 11.2 Å². The Balaban J connectivity index is 1.38. The molecule has 0 saturated carbocycles. The molecule has 1 fully saturated rings. The van der Waals surface area contributed by atoms with Gasteiger partial charge >= 0.3 is 0 Å².